The van der Waals surface area contributed by atoms with Crippen LogP contribution in [0.2, 0.25) is 0 Å². The van der Waals surface area contributed by atoms with Crippen LogP contribution in [0.25, 0.3) is 0 Å². The molecule has 1 amide bonds. The van der Waals surface area contributed by atoms with Gasteiger partial charge in [-0.05, 0) is 37.4 Å². The van der Waals surface area contributed by atoms with Gasteiger partial charge >= 0.3 is 0 Å². The standard InChI is InChI=1S/C15H24N2OS/c1-5-16-12(2)10-15(18)17(3)11-13-6-8-14(19-4)9-7-13/h6-9,12,16H,5,10-11H2,1-4H3. The monoisotopic (exact) mass is 280 g/mol. The third-order valence-corrected chi connectivity index (χ3v) is 3.78. The van der Waals surface area contributed by atoms with Crippen molar-refractivity contribution in [3.63, 3.8) is 0 Å². The molecule has 19 heavy (non-hydrogen) atoms. The Morgan fingerprint density at radius 3 is 2.53 bits per heavy atom. The summed E-state index contributed by atoms with van der Waals surface area (Å²) >= 11 is 1.73. The van der Waals surface area contributed by atoms with Crippen LogP contribution >= 0.6 is 11.8 Å². The molecule has 0 aliphatic carbocycles. The van der Waals surface area contributed by atoms with Gasteiger partial charge in [0.15, 0.2) is 0 Å². The van der Waals surface area contributed by atoms with E-state index in [1.807, 2.05) is 14.0 Å². The Labute approximate surface area is 120 Å². The normalized spacial score (nSPS) is 12.2. The molecular weight excluding hydrogens is 256 g/mol. The summed E-state index contributed by atoms with van der Waals surface area (Å²) < 4.78 is 0. The number of hydrogen-bond donors (Lipinski definition) is 1. The lowest BCUT2D eigenvalue weighted by Gasteiger charge is -2.20. The maximum atomic E-state index is 12.0. The van der Waals surface area contributed by atoms with Gasteiger partial charge in [-0.2, -0.15) is 0 Å². The zero-order valence-electron chi connectivity index (χ0n) is 12.3. The van der Waals surface area contributed by atoms with Gasteiger partial charge in [-0.15, -0.1) is 11.8 Å². The molecule has 0 radical (unpaired) electrons. The van der Waals surface area contributed by atoms with E-state index in [4.69, 9.17) is 0 Å². The minimum atomic E-state index is 0.183. The molecule has 3 nitrogen and oxygen atoms in total. The van der Waals surface area contributed by atoms with Crippen LogP contribution in [0.5, 0.6) is 0 Å². The maximum absolute atomic E-state index is 12.0. The van der Waals surface area contributed by atoms with Crippen LogP contribution in [0, 0.1) is 0 Å². The van der Waals surface area contributed by atoms with Crippen molar-refractivity contribution in [3.05, 3.63) is 29.8 Å². The molecule has 4 heteroatoms. The van der Waals surface area contributed by atoms with Crippen molar-refractivity contribution in [1.82, 2.24) is 10.2 Å². The summed E-state index contributed by atoms with van der Waals surface area (Å²) in [5.74, 6) is 0.183. The lowest BCUT2D eigenvalue weighted by Crippen LogP contribution is -2.34. The topological polar surface area (TPSA) is 32.3 Å². The fourth-order valence-corrected chi connectivity index (χ4v) is 2.34. The lowest BCUT2D eigenvalue weighted by atomic mass is 10.2. The molecule has 1 rings (SSSR count). The number of nitrogens with zero attached hydrogens (tertiary/aromatic N) is 1. The molecule has 0 bridgehead atoms. The highest BCUT2D eigenvalue weighted by atomic mass is 32.2. The highest BCUT2D eigenvalue weighted by Gasteiger charge is 2.12. The molecule has 106 valence electrons. The van der Waals surface area contributed by atoms with Gasteiger partial charge in [0.2, 0.25) is 5.91 Å². The predicted octanol–water partition coefficient (Wildman–Crippen LogP) is 2.76. The molecule has 1 N–H and O–H groups in total. The van der Waals surface area contributed by atoms with Gasteiger partial charge in [-0.1, -0.05) is 19.1 Å². The number of rotatable bonds is 7. The van der Waals surface area contributed by atoms with E-state index in [2.05, 4.69) is 42.8 Å². The number of carbonyl (C=O) groups is 1. The molecule has 1 unspecified atom stereocenters. The molecule has 0 spiro atoms. The second-order valence-electron chi connectivity index (χ2n) is 4.76. The summed E-state index contributed by atoms with van der Waals surface area (Å²) in [6.45, 7) is 5.67. The Bertz CT molecular complexity index is 392. The fourth-order valence-electron chi connectivity index (χ4n) is 1.93. The van der Waals surface area contributed by atoms with Crippen LogP contribution in [0.1, 0.15) is 25.8 Å². The summed E-state index contributed by atoms with van der Waals surface area (Å²) in [5.41, 5.74) is 1.17. The van der Waals surface area contributed by atoms with Crippen LogP contribution < -0.4 is 5.32 Å². The van der Waals surface area contributed by atoms with E-state index in [-0.39, 0.29) is 11.9 Å². The molecule has 0 saturated heterocycles. The lowest BCUT2D eigenvalue weighted by molar-refractivity contribution is -0.130. The second-order valence-corrected chi connectivity index (χ2v) is 5.64. The van der Waals surface area contributed by atoms with Crippen LogP contribution in [-0.4, -0.2) is 36.7 Å². The van der Waals surface area contributed by atoms with Gasteiger partial charge in [0, 0.05) is 31.0 Å². The minimum absolute atomic E-state index is 0.183. The first-order valence-corrected chi connectivity index (χ1v) is 7.89. The van der Waals surface area contributed by atoms with Crippen molar-refractivity contribution >= 4 is 17.7 Å². The molecule has 1 aromatic rings. The van der Waals surface area contributed by atoms with E-state index in [1.165, 1.54) is 10.5 Å². The van der Waals surface area contributed by atoms with E-state index in [9.17, 15) is 4.79 Å². The number of amides is 1. The molecular formula is C15H24N2OS. The van der Waals surface area contributed by atoms with Gasteiger partial charge in [0.25, 0.3) is 0 Å². The van der Waals surface area contributed by atoms with Crippen molar-refractivity contribution in [2.75, 3.05) is 19.8 Å². The quantitative estimate of drug-likeness (QED) is 0.780. The first-order chi connectivity index (χ1) is 9.06. The molecule has 0 saturated carbocycles. The van der Waals surface area contributed by atoms with Gasteiger partial charge < -0.3 is 10.2 Å². The van der Waals surface area contributed by atoms with Crippen molar-refractivity contribution in [2.24, 2.45) is 0 Å². The van der Waals surface area contributed by atoms with Gasteiger partial charge in [-0.25, -0.2) is 0 Å². The molecule has 0 aromatic heterocycles. The largest absolute Gasteiger partial charge is 0.341 e. The highest BCUT2D eigenvalue weighted by molar-refractivity contribution is 7.98. The predicted molar refractivity (Wildman–Crippen MR) is 82.5 cm³/mol. The Balaban J connectivity index is 2.48. The number of nitrogens with one attached hydrogen (secondary N) is 1. The first kappa shape index (κ1) is 16.1. The van der Waals surface area contributed by atoms with Crippen molar-refractivity contribution in [2.45, 2.75) is 37.8 Å². The van der Waals surface area contributed by atoms with Crippen molar-refractivity contribution < 1.29 is 4.79 Å². The maximum Gasteiger partial charge on any atom is 0.224 e. The summed E-state index contributed by atoms with van der Waals surface area (Å²) in [6, 6.07) is 8.60. The van der Waals surface area contributed by atoms with Crippen LogP contribution in [0.3, 0.4) is 0 Å². The Hall–Kier alpha value is -1.00. The van der Waals surface area contributed by atoms with Crippen LogP contribution in [0.15, 0.2) is 29.2 Å². The fraction of sp³-hybridized carbons (Fsp3) is 0.533. The Kier molecular flexibility index (Phi) is 6.95. The van der Waals surface area contributed by atoms with Crippen LogP contribution in [0.4, 0.5) is 0 Å². The van der Waals surface area contributed by atoms with E-state index < -0.39 is 0 Å². The average molecular weight is 280 g/mol. The average Bonchev–Trinajstić information content (AvgIpc) is 2.39. The van der Waals surface area contributed by atoms with Gasteiger partial charge in [0.05, 0.1) is 0 Å². The van der Waals surface area contributed by atoms with Crippen LogP contribution in [-0.2, 0) is 11.3 Å². The minimum Gasteiger partial charge on any atom is -0.341 e. The number of benzene rings is 1. The van der Waals surface area contributed by atoms with E-state index in [0.29, 0.717) is 13.0 Å². The zero-order valence-corrected chi connectivity index (χ0v) is 13.1. The first-order valence-electron chi connectivity index (χ1n) is 6.67. The number of hydrogen-bond acceptors (Lipinski definition) is 3. The molecule has 0 aliphatic rings. The summed E-state index contributed by atoms with van der Waals surface area (Å²) in [6.07, 6.45) is 2.61. The molecule has 0 aliphatic heterocycles. The number of thioether (sulfide) groups is 1. The summed E-state index contributed by atoms with van der Waals surface area (Å²) in [7, 11) is 1.86. The van der Waals surface area contributed by atoms with Gasteiger partial charge in [-0.3, -0.25) is 4.79 Å². The summed E-state index contributed by atoms with van der Waals surface area (Å²) in [4.78, 5) is 15.1. The molecule has 1 atom stereocenters. The Morgan fingerprint density at radius 1 is 1.37 bits per heavy atom. The van der Waals surface area contributed by atoms with E-state index in [1.54, 1.807) is 16.7 Å². The second kappa shape index (κ2) is 8.23. The third-order valence-electron chi connectivity index (χ3n) is 3.04. The van der Waals surface area contributed by atoms with Crippen molar-refractivity contribution in [3.8, 4) is 0 Å². The smallest absolute Gasteiger partial charge is 0.224 e. The summed E-state index contributed by atoms with van der Waals surface area (Å²) in [5, 5.41) is 3.26. The molecule has 0 heterocycles. The Morgan fingerprint density at radius 2 is 2.00 bits per heavy atom. The molecule has 0 fully saturated rings. The number of carbonyl (C=O) groups excluding carboxylic acids is 1. The highest BCUT2D eigenvalue weighted by Crippen LogP contribution is 2.15. The van der Waals surface area contributed by atoms with E-state index >= 15 is 0 Å². The SMILES string of the molecule is CCNC(C)CC(=O)N(C)Cc1ccc(SC)cc1. The van der Waals surface area contributed by atoms with Gasteiger partial charge in [0.1, 0.15) is 0 Å². The van der Waals surface area contributed by atoms with Crippen molar-refractivity contribution in [1.29, 1.82) is 0 Å². The molecule has 1 aromatic carbocycles. The third kappa shape index (κ3) is 5.66. The van der Waals surface area contributed by atoms with E-state index in [0.717, 1.165) is 6.54 Å². The zero-order chi connectivity index (χ0) is 14.3.